The van der Waals surface area contributed by atoms with Gasteiger partial charge in [-0.05, 0) is 51.2 Å². The standard InChI is InChI=1S/C25H29FN6O/c1-5-21-23(17-7-9-22(27-2)28-13-17)24(30-15-29-21)16-6-8-19(20(26)12-16)25(33)32-11-10-18(14-32)31(3)4/h6-9,12-13,15,18H,5,10-11,14H2,1-4H3,(H,27,28)/t18-/m1/s1. The maximum absolute atomic E-state index is 15.2. The monoisotopic (exact) mass is 448 g/mol. The molecule has 1 amide bonds. The van der Waals surface area contributed by atoms with Crippen molar-refractivity contribution in [1.82, 2.24) is 24.8 Å². The van der Waals surface area contributed by atoms with E-state index in [1.165, 1.54) is 12.4 Å². The molecule has 33 heavy (non-hydrogen) atoms. The van der Waals surface area contributed by atoms with Gasteiger partial charge < -0.3 is 15.1 Å². The molecular formula is C25H29FN6O. The fraction of sp³-hybridized carbons (Fsp3) is 0.360. The molecule has 172 valence electrons. The second-order valence-corrected chi connectivity index (χ2v) is 8.43. The third kappa shape index (κ3) is 4.57. The predicted octanol–water partition coefficient (Wildman–Crippen LogP) is 3.72. The number of benzene rings is 1. The molecule has 7 nitrogen and oxygen atoms in total. The van der Waals surface area contributed by atoms with Gasteiger partial charge in [0.15, 0.2) is 0 Å². The molecule has 0 radical (unpaired) electrons. The Morgan fingerprint density at radius 1 is 1.18 bits per heavy atom. The number of aromatic nitrogens is 3. The van der Waals surface area contributed by atoms with Crippen LogP contribution in [0.3, 0.4) is 0 Å². The summed E-state index contributed by atoms with van der Waals surface area (Å²) in [5.41, 5.74) is 3.83. The number of hydrogen-bond acceptors (Lipinski definition) is 6. The smallest absolute Gasteiger partial charge is 0.256 e. The number of amides is 1. The summed E-state index contributed by atoms with van der Waals surface area (Å²) in [4.78, 5) is 30.1. The Kier molecular flexibility index (Phi) is 6.65. The predicted molar refractivity (Wildman–Crippen MR) is 128 cm³/mol. The fourth-order valence-corrected chi connectivity index (χ4v) is 4.26. The molecule has 1 fully saturated rings. The Balaban J connectivity index is 1.69. The molecule has 0 aliphatic carbocycles. The number of likely N-dealkylation sites (N-methyl/N-ethyl adjacent to an activating group) is 1. The minimum Gasteiger partial charge on any atom is -0.373 e. The lowest BCUT2D eigenvalue weighted by Crippen LogP contribution is -2.34. The van der Waals surface area contributed by atoms with Gasteiger partial charge in [0, 0.05) is 49.1 Å². The third-order valence-corrected chi connectivity index (χ3v) is 6.22. The second-order valence-electron chi connectivity index (χ2n) is 8.43. The number of halogens is 1. The van der Waals surface area contributed by atoms with E-state index in [2.05, 4.69) is 25.2 Å². The van der Waals surface area contributed by atoms with Gasteiger partial charge in [0.2, 0.25) is 0 Å². The molecule has 4 rings (SSSR count). The highest BCUT2D eigenvalue weighted by molar-refractivity contribution is 5.95. The van der Waals surface area contributed by atoms with Crippen LogP contribution >= 0.6 is 0 Å². The zero-order valence-electron chi connectivity index (χ0n) is 19.5. The zero-order chi connectivity index (χ0) is 23.5. The molecule has 1 N–H and O–H groups in total. The Labute approximate surface area is 193 Å². The number of anilines is 1. The summed E-state index contributed by atoms with van der Waals surface area (Å²) in [5.74, 6) is -0.0630. The van der Waals surface area contributed by atoms with E-state index in [0.29, 0.717) is 36.8 Å². The number of rotatable bonds is 6. The van der Waals surface area contributed by atoms with Crippen LogP contribution in [0, 0.1) is 5.82 Å². The SMILES string of the molecule is CCc1ncnc(-c2ccc(C(=O)N3CC[C@@H](N(C)C)C3)c(F)c2)c1-c1ccc(NC)nc1. The largest absolute Gasteiger partial charge is 0.373 e. The van der Waals surface area contributed by atoms with E-state index < -0.39 is 5.82 Å². The molecule has 3 aromatic rings. The zero-order valence-corrected chi connectivity index (χ0v) is 19.5. The average Bonchev–Trinajstić information content (AvgIpc) is 3.34. The van der Waals surface area contributed by atoms with E-state index in [-0.39, 0.29) is 11.5 Å². The van der Waals surface area contributed by atoms with Gasteiger partial charge >= 0.3 is 0 Å². The molecule has 1 atom stereocenters. The summed E-state index contributed by atoms with van der Waals surface area (Å²) >= 11 is 0. The lowest BCUT2D eigenvalue weighted by molar-refractivity contribution is 0.0778. The molecule has 2 aromatic heterocycles. The van der Waals surface area contributed by atoms with E-state index in [9.17, 15) is 4.79 Å². The van der Waals surface area contributed by atoms with Crippen molar-refractivity contribution in [2.45, 2.75) is 25.8 Å². The Bertz CT molecular complexity index is 1150. The van der Waals surface area contributed by atoms with E-state index in [0.717, 1.165) is 29.1 Å². The maximum atomic E-state index is 15.2. The first-order valence-corrected chi connectivity index (χ1v) is 11.2. The summed E-state index contributed by atoms with van der Waals surface area (Å²) in [6, 6.07) is 8.85. The molecule has 8 heteroatoms. The number of carbonyl (C=O) groups is 1. The van der Waals surface area contributed by atoms with Crippen LogP contribution in [0.2, 0.25) is 0 Å². The first kappa shape index (κ1) is 22.8. The van der Waals surface area contributed by atoms with Crippen molar-refractivity contribution in [2.75, 3.05) is 39.5 Å². The highest BCUT2D eigenvalue weighted by Gasteiger charge is 2.29. The Morgan fingerprint density at radius 2 is 1.97 bits per heavy atom. The lowest BCUT2D eigenvalue weighted by atomic mass is 9.97. The number of aryl methyl sites for hydroxylation is 1. The van der Waals surface area contributed by atoms with Gasteiger partial charge in [0.05, 0.1) is 17.0 Å². The number of nitrogens with one attached hydrogen (secondary N) is 1. The summed E-state index contributed by atoms with van der Waals surface area (Å²) < 4.78 is 15.2. The first-order chi connectivity index (χ1) is 15.9. The van der Waals surface area contributed by atoms with Crippen LogP contribution in [0.15, 0.2) is 42.9 Å². The van der Waals surface area contributed by atoms with E-state index in [4.69, 9.17) is 0 Å². The van der Waals surface area contributed by atoms with Gasteiger partial charge in [-0.3, -0.25) is 4.79 Å². The van der Waals surface area contributed by atoms with Crippen LogP contribution < -0.4 is 5.32 Å². The van der Waals surface area contributed by atoms with Gasteiger partial charge in [0.25, 0.3) is 5.91 Å². The van der Waals surface area contributed by atoms with Crippen molar-refractivity contribution in [3.05, 3.63) is 59.9 Å². The van der Waals surface area contributed by atoms with E-state index in [1.807, 2.05) is 40.2 Å². The molecule has 1 saturated heterocycles. The van der Waals surface area contributed by atoms with Crippen molar-refractivity contribution in [1.29, 1.82) is 0 Å². The van der Waals surface area contributed by atoms with Crippen molar-refractivity contribution < 1.29 is 9.18 Å². The van der Waals surface area contributed by atoms with Crippen LogP contribution in [-0.4, -0.2) is 70.9 Å². The van der Waals surface area contributed by atoms with Crippen LogP contribution in [0.1, 0.15) is 29.4 Å². The topological polar surface area (TPSA) is 74.2 Å². The van der Waals surface area contributed by atoms with Gasteiger partial charge in [-0.1, -0.05) is 13.0 Å². The van der Waals surface area contributed by atoms with Crippen molar-refractivity contribution in [3.63, 3.8) is 0 Å². The van der Waals surface area contributed by atoms with Crippen molar-refractivity contribution >= 4 is 11.7 Å². The average molecular weight is 449 g/mol. The summed E-state index contributed by atoms with van der Waals surface area (Å²) in [6.07, 6.45) is 4.84. The fourth-order valence-electron chi connectivity index (χ4n) is 4.26. The summed E-state index contributed by atoms with van der Waals surface area (Å²) in [7, 11) is 5.81. The van der Waals surface area contributed by atoms with Crippen LogP contribution in [0.5, 0.6) is 0 Å². The molecule has 0 bridgehead atoms. The Morgan fingerprint density at radius 3 is 2.58 bits per heavy atom. The number of pyridine rings is 1. The normalized spacial score (nSPS) is 15.8. The van der Waals surface area contributed by atoms with Crippen LogP contribution in [0.25, 0.3) is 22.4 Å². The van der Waals surface area contributed by atoms with Gasteiger partial charge in [-0.15, -0.1) is 0 Å². The van der Waals surface area contributed by atoms with Gasteiger partial charge in [-0.2, -0.15) is 0 Å². The highest BCUT2D eigenvalue weighted by atomic mass is 19.1. The molecule has 3 heterocycles. The van der Waals surface area contributed by atoms with Crippen molar-refractivity contribution in [2.24, 2.45) is 0 Å². The summed E-state index contributed by atoms with van der Waals surface area (Å²) in [5, 5.41) is 3.01. The van der Waals surface area contributed by atoms with E-state index >= 15 is 4.39 Å². The first-order valence-electron chi connectivity index (χ1n) is 11.2. The quantitative estimate of drug-likeness (QED) is 0.620. The molecule has 0 spiro atoms. The molecule has 1 aromatic carbocycles. The number of carbonyl (C=O) groups excluding carboxylic acids is 1. The molecular weight excluding hydrogens is 419 g/mol. The summed E-state index contributed by atoms with van der Waals surface area (Å²) in [6.45, 7) is 3.26. The molecule has 0 unspecified atom stereocenters. The second kappa shape index (κ2) is 9.62. The van der Waals surface area contributed by atoms with Crippen LogP contribution in [-0.2, 0) is 6.42 Å². The van der Waals surface area contributed by atoms with Crippen molar-refractivity contribution in [3.8, 4) is 22.4 Å². The minimum absolute atomic E-state index is 0.0875. The minimum atomic E-state index is -0.544. The van der Waals surface area contributed by atoms with Gasteiger partial charge in [0.1, 0.15) is 18.0 Å². The third-order valence-electron chi connectivity index (χ3n) is 6.22. The maximum Gasteiger partial charge on any atom is 0.256 e. The number of nitrogens with zero attached hydrogens (tertiary/aromatic N) is 5. The Hall–Kier alpha value is -3.39. The number of hydrogen-bond donors (Lipinski definition) is 1. The van der Waals surface area contributed by atoms with E-state index in [1.54, 1.807) is 23.2 Å². The molecule has 1 aliphatic heterocycles. The lowest BCUT2D eigenvalue weighted by Gasteiger charge is -2.21. The highest BCUT2D eigenvalue weighted by Crippen LogP contribution is 2.33. The molecule has 0 saturated carbocycles. The van der Waals surface area contributed by atoms with Gasteiger partial charge in [-0.25, -0.2) is 19.3 Å². The number of likely N-dealkylation sites (tertiary alicyclic amines) is 1. The van der Waals surface area contributed by atoms with Crippen LogP contribution in [0.4, 0.5) is 10.2 Å². The molecule has 1 aliphatic rings.